The van der Waals surface area contributed by atoms with E-state index in [1.807, 2.05) is 18.2 Å². The number of methoxy groups -OCH3 is 1. The number of benzene rings is 1. The number of aliphatic imine (C=N–C) groups is 1. The van der Waals surface area contributed by atoms with Crippen molar-refractivity contribution in [2.45, 2.75) is 32.8 Å². The number of nitrogens with zero attached hydrogens (tertiary/aromatic N) is 1. The van der Waals surface area contributed by atoms with Gasteiger partial charge in [0.15, 0.2) is 5.96 Å². The standard InChI is InChI=1S/C18H31N3O2.HI/c1-3-19-18(21-13-9-14-22-2)20-12-7-8-15-23-16-17-10-5-4-6-11-17;/h4-6,10-11H,3,7-9,12-16H2,1-2H3,(H2,19,20,21);1H. The van der Waals surface area contributed by atoms with Crippen LogP contribution in [-0.4, -0.2) is 45.9 Å². The van der Waals surface area contributed by atoms with E-state index >= 15 is 0 Å². The first-order valence-electron chi connectivity index (χ1n) is 8.49. The number of guanidine groups is 1. The molecule has 0 bridgehead atoms. The van der Waals surface area contributed by atoms with E-state index in [9.17, 15) is 0 Å². The second-order valence-corrected chi connectivity index (χ2v) is 5.28. The number of nitrogens with one attached hydrogen (secondary N) is 2. The summed E-state index contributed by atoms with van der Waals surface area (Å²) in [6, 6.07) is 10.3. The third kappa shape index (κ3) is 12.5. The average molecular weight is 449 g/mol. The summed E-state index contributed by atoms with van der Waals surface area (Å²) in [5.41, 5.74) is 1.23. The van der Waals surface area contributed by atoms with Crippen molar-refractivity contribution < 1.29 is 9.47 Å². The van der Waals surface area contributed by atoms with Crippen LogP contribution in [0.4, 0.5) is 0 Å². The molecule has 138 valence electrons. The molecule has 0 radical (unpaired) electrons. The Kier molecular flexibility index (Phi) is 16.4. The van der Waals surface area contributed by atoms with Gasteiger partial charge in [-0.25, -0.2) is 0 Å². The highest BCUT2D eigenvalue weighted by Crippen LogP contribution is 2.01. The molecule has 0 atom stereocenters. The van der Waals surface area contributed by atoms with Crippen LogP contribution in [0, 0.1) is 0 Å². The summed E-state index contributed by atoms with van der Waals surface area (Å²) in [5, 5.41) is 6.60. The lowest BCUT2D eigenvalue weighted by molar-refractivity contribution is 0.117. The van der Waals surface area contributed by atoms with Crippen LogP contribution in [0.3, 0.4) is 0 Å². The summed E-state index contributed by atoms with van der Waals surface area (Å²) >= 11 is 0. The topological polar surface area (TPSA) is 54.9 Å². The van der Waals surface area contributed by atoms with Crippen molar-refractivity contribution >= 4 is 29.9 Å². The van der Waals surface area contributed by atoms with Gasteiger partial charge in [0, 0.05) is 40.0 Å². The molecular formula is C18H32IN3O2. The molecule has 0 amide bonds. The molecule has 0 saturated heterocycles. The number of ether oxygens (including phenoxy) is 2. The van der Waals surface area contributed by atoms with Crippen molar-refractivity contribution in [3.8, 4) is 0 Å². The van der Waals surface area contributed by atoms with E-state index < -0.39 is 0 Å². The minimum atomic E-state index is 0. The van der Waals surface area contributed by atoms with Crippen LogP contribution in [0.2, 0.25) is 0 Å². The molecule has 0 heterocycles. The Labute approximate surface area is 163 Å². The van der Waals surface area contributed by atoms with Gasteiger partial charge in [-0.05, 0) is 31.7 Å². The van der Waals surface area contributed by atoms with E-state index in [4.69, 9.17) is 9.47 Å². The zero-order valence-corrected chi connectivity index (χ0v) is 17.3. The van der Waals surface area contributed by atoms with Gasteiger partial charge in [0.05, 0.1) is 6.61 Å². The minimum absolute atomic E-state index is 0. The molecule has 0 unspecified atom stereocenters. The zero-order chi connectivity index (χ0) is 16.6. The van der Waals surface area contributed by atoms with Crippen molar-refractivity contribution in [2.24, 2.45) is 4.99 Å². The fourth-order valence-corrected chi connectivity index (χ4v) is 2.04. The number of hydrogen-bond acceptors (Lipinski definition) is 3. The van der Waals surface area contributed by atoms with Gasteiger partial charge in [0.1, 0.15) is 0 Å². The van der Waals surface area contributed by atoms with Crippen LogP contribution in [-0.2, 0) is 16.1 Å². The van der Waals surface area contributed by atoms with Gasteiger partial charge in [-0.1, -0.05) is 30.3 Å². The van der Waals surface area contributed by atoms with Crippen LogP contribution in [0.1, 0.15) is 31.7 Å². The molecule has 0 aliphatic heterocycles. The monoisotopic (exact) mass is 449 g/mol. The molecule has 1 rings (SSSR count). The zero-order valence-electron chi connectivity index (χ0n) is 14.9. The maximum atomic E-state index is 5.68. The smallest absolute Gasteiger partial charge is 0.191 e. The number of unbranched alkanes of at least 4 members (excludes halogenated alkanes) is 1. The maximum Gasteiger partial charge on any atom is 0.191 e. The lowest BCUT2D eigenvalue weighted by Gasteiger charge is -2.11. The molecule has 0 aromatic heterocycles. The Bertz CT molecular complexity index is 416. The highest BCUT2D eigenvalue weighted by atomic mass is 127. The van der Waals surface area contributed by atoms with Crippen LogP contribution in [0.5, 0.6) is 0 Å². The van der Waals surface area contributed by atoms with Crippen LogP contribution in [0.25, 0.3) is 0 Å². The van der Waals surface area contributed by atoms with E-state index in [-0.39, 0.29) is 24.0 Å². The molecule has 1 aromatic rings. The van der Waals surface area contributed by atoms with Crippen LogP contribution >= 0.6 is 24.0 Å². The maximum absolute atomic E-state index is 5.68. The Morgan fingerprint density at radius 1 is 1.04 bits per heavy atom. The summed E-state index contributed by atoms with van der Waals surface area (Å²) in [7, 11) is 1.72. The summed E-state index contributed by atoms with van der Waals surface area (Å²) in [4.78, 5) is 4.51. The van der Waals surface area contributed by atoms with E-state index in [0.29, 0.717) is 6.61 Å². The molecule has 0 fully saturated rings. The minimum Gasteiger partial charge on any atom is -0.385 e. The quantitative estimate of drug-likeness (QED) is 0.223. The van der Waals surface area contributed by atoms with Crippen molar-refractivity contribution in [3.05, 3.63) is 35.9 Å². The van der Waals surface area contributed by atoms with Gasteiger partial charge < -0.3 is 20.1 Å². The summed E-state index contributed by atoms with van der Waals surface area (Å²) in [6.45, 7) is 6.87. The first kappa shape index (κ1) is 23.1. The summed E-state index contributed by atoms with van der Waals surface area (Å²) < 4.78 is 10.7. The van der Waals surface area contributed by atoms with Crippen molar-refractivity contribution in [2.75, 3.05) is 40.0 Å². The largest absolute Gasteiger partial charge is 0.385 e. The SMILES string of the molecule is CCNC(=NCCCOC)NCCCCOCc1ccccc1.I. The number of hydrogen-bond donors (Lipinski definition) is 2. The molecule has 5 nitrogen and oxygen atoms in total. The van der Waals surface area contributed by atoms with Gasteiger partial charge in [0.25, 0.3) is 0 Å². The fourth-order valence-electron chi connectivity index (χ4n) is 2.04. The Balaban J connectivity index is 0.00000529. The van der Waals surface area contributed by atoms with E-state index in [1.165, 1.54) is 5.56 Å². The van der Waals surface area contributed by atoms with Gasteiger partial charge in [0.2, 0.25) is 0 Å². The molecule has 0 aliphatic carbocycles. The first-order valence-corrected chi connectivity index (χ1v) is 8.49. The predicted octanol–water partition coefficient (Wildman–Crippen LogP) is 3.19. The van der Waals surface area contributed by atoms with Gasteiger partial charge in [-0.2, -0.15) is 0 Å². The average Bonchev–Trinajstić information content (AvgIpc) is 2.58. The highest BCUT2D eigenvalue weighted by Gasteiger charge is 1.97. The Hall–Kier alpha value is -0.860. The molecule has 6 heteroatoms. The molecule has 0 aliphatic rings. The third-order valence-corrected chi connectivity index (χ3v) is 3.24. The van der Waals surface area contributed by atoms with Crippen LogP contribution in [0.15, 0.2) is 35.3 Å². The molecule has 1 aromatic carbocycles. The molecular weight excluding hydrogens is 417 g/mol. The molecule has 2 N–H and O–H groups in total. The van der Waals surface area contributed by atoms with Crippen LogP contribution < -0.4 is 10.6 Å². The third-order valence-electron chi connectivity index (χ3n) is 3.24. The summed E-state index contributed by atoms with van der Waals surface area (Å²) in [5.74, 6) is 0.883. The van der Waals surface area contributed by atoms with Crippen molar-refractivity contribution in [1.29, 1.82) is 0 Å². The van der Waals surface area contributed by atoms with E-state index in [1.54, 1.807) is 7.11 Å². The molecule has 0 saturated carbocycles. The molecule has 0 spiro atoms. The van der Waals surface area contributed by atoms with Gasteiger partial charge in [-0.3, -0.25) is 4.99 Å². The van der Waals surface area contributed by atoms with E-state index in [2.05, 4.69) is 34.7 Å². The van der Waals surface area contributed by atoms with E-state index in [0.717, 1.165) is 58.1 Å². The Morgan fingerprint density at radius 3 is 2.54 bits per heavy atom. The van der Waals surface area contributed by atoms with Crippen molar-refractivity contribution in [1.82, 2.24) is 10.6 Å². The highest BCUT2D eigenvalue weighted by molar-refractivity contribution is 14.0. The van der Waals surface area contributed by atoms with Gasteiger partial charge >= 0.3 is 0 Å². The number of rotatable bonds is 12. The summed E-state index contributed by atoms with van der Waals surface area (Å²) in [6.07, 6.45) is 3.06. The number of halogens is 1. The second kappa shape index (κ2) is 17.0. The Morgan fingerprint density at radius 2 is 1.83 bits per heavy atom. The first-order chi connectivity index (χ1) is 11.4. The lowest BCUT2D eigenvalue weighted by Crippen LogP contribution is -2.38. The van der Waals surface area contributed by atoms with Gasteiger partial charge in [-0.15, -0.1) is 24.0 Å². The normalized spacial score (nSPS) is 11.0. The lowest BCUT2D eigenvalue weighted by atomic mass is 10.2. The molecule has 24 heavy (non-hydrogen) atoms. The predicted molar refractivity (Wildman–Crippen MR) is 111 cm³/mol. The second-order valence-electron chi connectivity index (χ2n) is 5.28. The van der Waals surface area contributed by atoms with Crippen molar-refractivity contribution in [3.63, 3.8) is 0 Å². The fraction of sp³-hybridized carbons (Fsp3) is 0.611.